The monoisotopic (exact) mass is 378 g/mol. The van der Waals surface area contributed by atoms with Crippen molar-refractivity contribution in [3.05, 3.63) is 48.2 Å². The minimum Gasteiger partial charge on any atom is -0.306 e. The van der Waals surface area contributed by atoms with Crippen molar-refractivity contribution in [2.75, 3.05) is 16.9 Å². The van der Waals surface area contributed by atoms with Crippen LogP contribution in [0.1, 0.15) is 31.1 Å². The molecule has 0 N–H and O–H groups in total. The molecule has 0 radical (unpaired) electrons. The fraction of sp³-hybridized carbons (Fsp3) is 0.333. The number of aromatic nitrogens is 1. The molecule has 0 fully saturated rings. The number of nitrogens with zero attached hydrogens (tertiary/aromatic N) is 2. The average Bonchev–Trinajstić information content (AvgIpc) is 2.55. The Morgan fingerprint density at radius 2 is 1.84 bits per heavy atom. The first-order valence-corrected chi connectivity index (χ1v) is 10.8. The van der Waals surface area contributed by atoms with Gasteiger partial charge in [0.15, 0.2) is 9.84 Å². The SMILES string of the molecule is CCSc1cc(C(=O)N(c2ccc(S(C)(=O)=O)cc2)C(C)C)ccn1. The van der Waals surface area contributed by atoms with Gasteiger partial charge < -0.3 is 4.90 Å². The fourth-order valence-electron chi connectivity index (χ4n) is 2.41. The van der Waals surface area contributed by atoms with Crippen LogP contribution in [-0.2, 0) is 9.84 Å². The zero-order valence-electron chi connectivity index (χ0n) is 14.8. The van der Waals surface area contributed by atoms with Gasteiger partial charge in [0.1, 0.15) is 0 Å². The summed E-state index contributed by atoms with van der Waals surface area (Å²) in [5.74, 6) is 0.744. The molecular formula is C18H22N2O3S2. The molecular weight excluding hydrogens is 356 g/mol. The van der Waals surface area contributed by atoms with E-state index >= 15 is 0 Å². The molecule has 2 aromatic rings. The van der Waals surface area contributed by atoms with Crippen molar-refractivity contribution >= 4 is 33.2 Å². The predicted molar refractivity (Wildman–Crippen MR) is 102 cm³/mol. The fourth-order valence-corrected chi connectivity index (χ4v) is 3.68. The Labute approximate surface area is 153 Å². The average molecular weight is 379 g/mol. The van der Waals surface area contributed by atoms with E-state index in [1.807, 2.05) is 20.8 Å². The Hall–Kier alpha value is -1.86. The molecule has 2 rings (SSSR count). The highest BCUT2D eigenvalue weighted by atomic mass is 32.2. The number of sulfone groups is 1. The second kappa shape index (κ2) is 8.01. The normalized spacial score (nSPS) is 11.6. The summed E-state index contributed by atoms with van der Waals surface area (Å²) >= 11 is 1.58. The van der Waals surface area contributed by atoms with E-state index in [-0.39, 0.29) is 16.8 Å². The van der Waals surface area contributed by atoms with E-state index in [0.29, 0.717) is 11.3 Å². The lowest BCUT2D eigenvalue weighted by atomic mass is 10.1. The summed E-state index contributed by atoms with van der Waals surface area (Å²) in [7, 11) is -3.26. The van der Waals surface area contributed by atoms with Crippen molar-refractivity contribution in [3.8, 4) is 0 Å². The number of carbonyl (C=O) groups excluding carboxylic acids is 1. The van der Waals surface area contributed by atoms with Gasteiger partial charge in [0.2, 0.25) is 0 Å². The molecule has 0 aliphatic rings. The van der Waals surface area contributed by atoms with Gasteiger partial charge in [0.25, 0.3) is 5.91 Å². The Kier molecular flexibility index (Phi) is 6.24. The molecule has 0 aliphatic carbocycles. The summed E-state index contributed by atoms with van der Waals surface area (Å²) in [5.41, 5.74) is 1.22. The Balaban J connectivity index is 2.37. The van der Waals surface area contributed by atoms with Crippen molar-refractivity contribution in [2.45, 2.75) is 36.7 Å². The molecule has 0 saturated carbocycles. The Bertz CT molecular complexity index is 847. The van der Waals surface area contributed by atoms with Crippen LogP contribution in [0.5, 0.6) is 0 Å². The minimum atomic E-state index is -3.26. The molecule has 0 unspecified atom stereocenters. The maximum Gasteiger partial charge on any atom is 0.258 e. The number of hydrogen-bond acceptors (Lipinski definition) is 5. The first kappa shape index (κ1) is 19.5. The highest BCUT2D eigenvalue weighted by Gasteiger charge is 2.21. The molecule has 1 aromatic heterocycles. The van der Waals surface area contributed by atoms with E-state index in [4.69, 9.17) is 0 Å². The highest BCUT2D eigenvalue weighted by molar-refractivity contribution is 7.99. The highest BCUT2D eigenvalue weighted by Crippen LogP contribution is 2.24. The van der Waals surface area contributed by atoms with Gasteiger partial charge in [0, 0.05) is 29.7 Å². The number of hydrogen-bond donors (Lipinski definition) is 0. The third-order valence-electron chi connectivity index (χ3n) is 3.55. The Morgan fingerprint density at radius 3 is 2.36 bits per heavy atom. The van der Waals surface area contributed by atoms with Crippen LogP contribution in [0.25, 0.3) is 0 Å². The lowest BCUT2D eigenvalue weighted by Gasteiger charge is -2.27. The maximum absolute atomic E-state index is 13.0. The van der Waals surface area contributed by atoms with E-state index in [9.17, 15) is 13.2 Å². The lowest BCUT2D eigenvalue weighted by molar-refractivity contribution is 0.0980. The molecule has 0 saturated heterocycles. The van der Waals surface area contributed by atoms with Crippen LogP contribution < -0.4 is 4.90 Å². The first-order valence-electron chi connectivity index (χ1n) is 7.96. The van der Waals surface area contributed by atoms with Crippen LogP contribution in [0.2, 0.25) is 0 Å². The molecule has 0 atom stereocenters. The van der Waals surface area contributed by atoms with Crippen LogP contribution in [0.15, 0.2) is 52.5 Å². The molecule has 7 heteroatoms. The number of thioether (sulfide) groups is 1. The summed E-state index contributed by atoms with van der Waals surface area (Å²) in [6, 6.07) is 9.79. The molecule has 1 heterocycles. The van der Waals surface area contributed by atoms with Crippen molar-refractivity contribution in [1.82, 2.24) is 4.98 Å². The van der Waals surface area contributed by atoms with Gasteiger partial charge in [-0.2, -0.15) is 0 Å². The third kappa shape index (κ3) is 4.83. The zero-order valence-corrected chi connectivity index (χ0v) is 16.4. The minimum absolute atomic E-state index is 0.0768. The zero-order chi connectivity index (χ0) is 18.6. The lowest BCUT2D eigenvalue weighted by Crippen LogP contribution is -2.37. The second-order valence-electron chi connectivity index (χ2n) is 5.85. The molecule has 0 spiro atoms. The predicted octanol–water partition coefficient (Wildman–Crippen LogP) is 3.65. The van der Waals surface area contributed by atoms with Crippen molar-refractivity contribution < 1.29 is 13.2 Å². The number of rotatable bonds is 6. The largest absolute Gasteiger partial charge is 0.306 e. The van der Waals surface area contributed by atoms with Gasteiger partial charge in [-0.15, -0.1) is 11.8 Å². The van der Waals surface area contributed by atoms with Gasteiger partial charge >= 0.3 is 0 Å². The topological polar surface area (TPSA) is 67.3 Å². The molecule has 25 heavy (non-hydrogen) atoms. The summed E-state index contributed by atoms with van der Waals surface area (Å²) in [4.78, 5) is 19.1. The van der Waals surface area contributed by atoms with E-state index < -0.39 is 9.84 Å². The number of pyridine rings is 1. The van der Waals surface area contributed by atoms with Crippen molar-refractivity contribution in [2.24, 2.45) is 0 Å². The molecule has 134 valence electrons. The van der Waals surface area contributed by atoms with Crippen LogP contribution in [0.3, 0.4) is 0 Å². The molecule has 0 aliphatic heterocycles. The summed E-state index contributed by atoms with van der Waals surface area (Å²) in [5, 5.41) is 0.810. The first-order chi connectivity index (χ1) is 11.7. The van der Waals surface area contributed by atoms with Gasteiger partial charge in [-0.05, 0) is 56.0 Å². The van der Waals surface area contributed by atoms with Gasteiger partial charge in [-0.1, -0.05) is 6.92 Å². The molecule has 0 bridgehead atoms. The Morgan fingerprint density at radius 1 is 1.20 bits per heavy atom. The second-order valence-corrected chi connectivity index (χ2v) is 9.15. The number of anilines is 1. The van der Waals surface area contributed by atoms with E-state index in [1.165, 1.54) is 12.1 Å². The van der Waals surface area contributed by atoms with Crippen LogP contribution in [0, 0.1) is 0 Å². The van der Waals surface area contributed by atoms with E-state index in [2.05, 4.69) is 4.98 Å². The van der Waals surface area contributed by atoms with E-state index in [1.54, 1.807) is 47.1 Å². The standard InChI is InChI=1S/C18H22N2O3S2/c1-5-24-17-12-14(10-11-19-17)18(21)20(13(2)3)15-6-8-16(9-7-15)25(4,22)23/h6-13H,5H2,1-4H3. The quantitative estimate of drug-likeness (QED) is 0.718. The summed E-state index contributed by atoms with van der Waals surface area (Å²) < 4.78 is 23.2. The van der Waals surface area contributed by atoms with Crippen molar-refractivity contribution in [1.29, 1.82) is 0 Å². The summed E-state index contributed by atoms with van der Waals surface area (Å²) in [6.45, 7) is 5.88. The third-order valence-corrected chi connectivity index (χ3v) is 5.49. The van der Waals surface area contributed by atoms with Gasteiger partial charge in [-0.25, -0.2) is 13.4 Å². The number of amides is 1. The van der Waals surface area contributed by atoms with Gasteiger partial charge in [-0.3, -0.25) is 4.79 Å². The van der Waals surface area contributed by atoms with Gasteiger partial charge in [0.05, 0.1) is 9.92 Å². The molecule has 5 nitrogen and oxygen atoms in total. The summed E-state index contributed by atoms with van der Waals surface area (Å²) in [6.07, 6.45) is 2.80. The van der Waals surface area contributed by atoms with E-state index in [0.717, 1.165) is 17.0 Å². The van der Waals surface area contributed by atoms with Crippen molar-refractivity contribution in [3.63, 3.8) is 0 Å². The smallest absolute Gasteiger partial charge is 0.258 e. The van der Waals surface area contributed by atoms with Crippen LogP contribution in [0.4, 0.5) is 5.69 Å². The molecule has 1 amide bonds. The van der Waals surface area contributed by atoms with Crippen LogP contribution in [-0.4, -0.2) is 37.4 Å². The van der Waals surface area contributed by atoms with Crippen LogP contribution >= 0.6 is 11.8 Å². The number of carbonyl (C=O) groups is 1. The maximum atomic E-state index is 13.0. The molecule has 1 aromatic carbocycles. The number of benzene rings is 1.